The number of hydrogen-bond acceptors (Lipinski definition) is 7. The summed E-state index contributed by atoms with van der Waals surface area (Å²) in [7, 11) is 4.05. The van der Waals surface area contributed by atoms with Gasteiger partial charge < -0.3 is 10.2 Å². The summed E-state index contributed by atoms with van der Waals surface area (Å²) in [4.78, 5) is 10.9. The zero-order valence-electron chi connectivity index (χ0n) is 13.8. The number of aromatic nitrogens is 6. The fourth-order valence-corrected chi connectivity index (χ4v) is 2.27. The molecule has 3 aromatic rings. The second-order valence-corrected chi connectivity index (χ2v) is 5.57. The number of H-pyrrole nitrogens is 1. The van der Waals surface area contributed by atoms with E-state index in [9.17, 15) is 0 Å². The Kier molecular flexibility index (Phi) is 4.95. The molecule has 0 spiro atoms. The zero-order chi connectivity index (χ0) is 16.8. The van der Waals surface area contributed by atoms with Gasteiger partial charge in [-0.25, -0.2) is 9.97 Å². The third-order valence-electron chi connectivity index (χ3n) is 3.58. The van der Waals surface area contributed by atoms with Crippen molar-refractivity contribution in [2.24, 2.45) is 0 Å². The molecular formula is C16H20N8. The van der Waals surface area contributed by atoms with Gasteiger partial charge in [-0.15, -0.1) is 10.2 Å². The summed E-state index contributed by atoms with van der Waals surface area (Å²) in [6.07, 6.45) is 3.41. The standard InChI is InChI=1S/C16H20N8/c1-24(2)13-7-5-12(6-8-13)14-9-11-18-16(19-14)17-10-3-4-15-20-22-23-21-15/h5-9,11H,3-4,10H2,1-2H3,(H,17,18,19)(H,20,21,22,23). The largest absolute Gasteiger partial charge is 0.378 e. The molecule has 8 heteroatoms. The molecule has 0 fully saturated rings. The molecule has 0 bridgehead atoms. The summed E-state index contributed by atoms with van der Waals surface area (Å²) in [6.45, 7) is 0.748. The summed E-state index contributed by atoms with van der Waals surface area (Å²) < 4.78 is 0. The van der Waals surface area contributed by atoms with Gasteiger partial charge in [0, 0.05) is 44.5 Å². The van der Waals surface area contributed by atoms with Crippen LogP contribution in [0.2, 0.25) is 0 Å². The van der Waals surface area contributed by atoms with Gasteiger partial charge in [-0.2, -0.15) is 5.21 Å². The SMILES string of the molecule is CN(C)c1ccc(-c2ccnc(NCCCc3nn[nH]n3)n2)cc1. The first kappa shape index (κ1) is 15.9. The highest BCUT2D eigenvalue weighted by Crippen LogP contribution is 2.21. The van der Waals surface area contributed by atoms with Gasteiger partial charge in [0.1, 0.15) is 0 Å². The van der Waals surface area contributed by atoms with Crippen molar-refractivity contribution in [3.8, 4) is 11.3 Å². The predicted octanol–water partition coefficient (Wildman–Crippen LogP) is 1.77. The van der Waals surface area contributed by atoms with Gasteiger partial charge in [0.25, 0.3) is 0 Å². The first-order valence-electron chi connectivity index (χ1n) is 7.79. The Bertz CT molecular complexity index is 752. The summed E-state index contributed by atoms with van der Waals surface area (Å²) in [5, 5.41) is 17.1. The first-order valence-corrected chi connectivity index (χ1v) is 7.79. The lowest BCUT2D eigenvalue weighted by Crippen LogP contribution is -2.08. The number of aromatic amines is 1. The molecule has 0 radical (unpaired) electrons. The van der Waals surface area contributed by atoms with E-state index in [0.29, 0.717) is 11.8 Å². The highest BCUT2D eigenvalue weighted by Gasteiger charge is 2.04. The monoisotopic (exact) mass is 324 g/mol. The maximum absolute atomic E-state index is 4.57. The van der Waals surface area contributed by atoms with E-state index in [0.717, 1.165) is 36.3 Å². The molecule has 0 saturated heterocycles. The van der Waals surface area contributed by atoms with Gasteiger partial charge in [-0.1, -0.05) is 17.3 Å². The first-order chi connectivity index (χ1) is 11.7. The van der Waals surface area contributed by atoms with Crippen molar-refractivity contribution in [3.05, 3.63) is 42.4 Å². The van der Waals surface area contributed by atoms with E-state index in [-0.39, 0.29) is 0 Å². The van der Waals surface area contributed by atoms with Gasteiger partial charge in [-0.05, 0) is 24.6 Å². The number of benzene rings is 1. The summed E-state index contributed by atoms with van der Waals surface area (Å²) in [6, 6.07) is 10.2. The minimum atomic E-state index is 0.622. The molecule has 0 unspecified atom stereocenters. The van der Waals surface area contributed by atoms with Crippen LogP contribution in [0.15, 0.2) is 36.5 Å². The molecule has 0 amide bonds. The molecule has 8 nitrogen and oxygen atoms in total. The lowest BCUT2D eigenvalue weighted by atomic mass is 10.1. The number of nitrogens with one attached hydrogen (secondary N) is 2. The van der Waals surface area contributed by atoms with Crippen LogP contribution in [0, 0.1) is 0 Å². The second kappa shape index (κ2) is 7.49. The fourth-order valence-electron chi connectivity index (χ4n) is 2.27. The topological polar surface area (TPSA) is 95.5 Å². The number of nitrogens with zero attached hydrogens (tertiary/aromatic N) is 6. The van der Waals surface area contributed by atoms with Crippen molar-refractivity contribution in [1.29, 1.82) is 0 Å². The second-order valence-electron chi connectivity index (χ2n) is 5.57. The van der Waals surface area contributed by atoms with Gasteiger partial charge in [0.15, 0.2) is 5.82 Å². The van der Waals surface area contributed by atoms with E-state index in [4.69, 9.17) is 0 Å². The van der Waals surface area contributed by atoms with Gasteiger partial charge in [0.05, 0.1) is 5.69 Å². The zero-order valence-corrected chi connectivity index (χ0v) is 13.8. The van der Waals surface area contributed by atoms with E-state index in [1.165, 1.54) is 0 Å². The van der Waals surface area contributed by atoms with Crippen LogP contribution < -0.4 is 10.2 Å². The molecule has 0 saturated carbocycles. The third kappa shape index (κ3) is 4.03. The number of anilines is 2. The van der Waals surface area contributed by atoms with E-state index in [1.807, 2.05) is 20.2 Å². The molecule has 24 heavy (non-hydrogen) atoms. The molecule has 2 heterocycles. The third-order valence-corrected chi connectivity index (χ3v) is 3.58. The van der Waals surface area contributed by atoms with Crippen molar-refractivity contribution < 1.29 is 0 Å². The Labute approximate surface area is 140 Å². The van der Waals surface area contributed by atoms with Crippen molar-refractivity contribution in [2.45, 2.75) is 12.8 Å². The molecule has 0 aliphatic heterocycles. The average Bonchev–Trinajstić information content (AvgIpc) is 3.12. The lowest BCUT2D eigenvalue weighted by Gasteiger charge is -2.12. The summed E-state index contributed by atoms with van der Waals surface area (Å²) in [5.41, 5.74) is 3.13. The van der Waals surface area contributed by atoms with Crippen molar-refractivity contribution in [2.75, 3.05) is 30.9 Å². The molecule has 0 atom stereocenters. The van der Waals surface area contributed by atoms with Crippen molar-refractivity contribution in [3.63, 3.8) is 0 Å². The van der Waals surface area contributed by atoms with Gasteiger partial charge in [-0.3, -0.25) is 0 Å². The highest BCUT2D eigenvalue weighted by molar-refractivity contribution is 5.63. The summed E-state index contributed by atoms with van der Waals surface area (Å²) >= 11 is 0. The fraction of sp³-hybridized carbons (Fsp3) is 0.312. The van der Waals surface area contributed by atoms with Crippen molar-refractivity contribution in [1.82, 2.24) is 30.6 Å². The van der Waals surface area contributed by atoms with E-state index in [2.05, 4.69) is 65.1 Å². The van der Waals surface area contributed by atoms with Gasteiger partial charge >= 0.3 is 0 Å². The molecule has 0 aliphatic carbocycles. The average molecular weight is 324 g/mol. The molecule has 2 aromatic heterocycles. The summed E-state index contributed by atoms with van der Waals surface area (Å²) in [5.74, 6) is 1.34. The van der Waals surface area contributed by atoms with Crippen molar-refractivity contribution >= 4 is 11.6 Å². The van der Waals surface area contributed by atoms with Crippen LogP contribution >= 0.6 is 0 Å². The van der Waals surface area contributed by atoms with Crippen LogP contribution in [0.4, 0.5) is 11.6 Å². The minimum absolute atomic E-state index is 0.622. The Morgan fingerprint density at radius 1 is 1.12 bits per heavy atom. The van der Waals surface area contributed by atoms with Gasteiger partial charge in [0.2, 0.25) is 5.95 Å². The quantitative estimate of drug-likeness (QED) is 0.639. The number of tetrazole rings is 1. The Morgan fingerprint density at radius 3 is 2.67 bits per heavy atom. The number of rotatable bonds is 7. The maximum Gasteiger partial charge on any atom is 0.223 e. The van der Waals surface area contributed by atoms with Crippen LogP contribution in [0.5, 0.6) is 0 Å². The minimum Gasteiger partial charge on any atom is -0.378 e. The van der Waals surface area contributed by atoms with E-state index < -0.39 is 0 Å². The van der Waals surface area contributed by atoms with Crippen LogP contribution in [0.25, 0.3) is 11.3 Å². The molecule has 3 rings (SSSR count). The van der Waals surface area contributed by atoms with Crippen LogP contribution in [0.3, 0.4) is 0 Å². The molecule has 124 valence electrons. The smallest absolute Gasteiger partial charge is 0.223 e. The van der Waals surface area contributed by atoms with Crippen LogP contribution in [0.1, 0.15) is 12.2 Å². The van der Waals surface area contributed by atoms with Crippen LogP contribution in [-0.4, -0.2) is 51.2 Å². The maximum atomic E-state index is 4.57. The molecule has 2 N–H and O–H groups in total. The van der Waals surface area contributed by atoms with E-state index >= 15 is 0 Å². The molecule has 1 aromatic carbocycles. The Hall–Kier alpha value is -3.03. The normalized spacial score (nSPS) is 10.6. The Balaban J connectivity index is 1.59. The highest BCUT2D eigenvalue weighted by atomic mass is 15.5. The molecule has 0 aliphatic rings. The number of hydrogen-bond donors (Lipinski definition) is 2. The number of aryl methyl sites for hydroxylation is 1. The van der Waals surface area contributed by atoms with E-state index in [1.54, 1.807) is 6.20 Å². The van der Waals surface area contributed by atoms with Crippen LogP contribution in [-0.2, 0) is 6.42 Å². The molecular weight excluding hydrogens is 304 g/mol. The Morgan fingerprint density at radius 2 is 1.96 bits per heavy atom. The lowest BCUT2D eigenvalue weighted by molar-refractivity contribution is 0.799. The predicted molar refractivity (Wildman–Crippen MR) is 92.8 cm³/mol.